The number of nitrogens with one attached hydrogen (secondary N) is 1. The van der Waals surface area contributed by atoms with Crippen molar-refractivity contribution in [2.45, 2.75) is 19.9 Å². The molecule has 1 heterocycles. The van der Waals surface area contributed by atoms with E-state index in [1.165, 1.54) is 6.08 Å². The minimum absolute atomic E-state index is 0.161. The molecule has 0 fully saturated rings. The zero-order valence-corrected chi connectivity index (χ0v) is 14.8. The lowest BCUT2D eigenvalue weighted by Crippen LogP contribution is -2.20. The number of fused-ring (bicyclic) bond motifs is 1. The van der Waals surface area contributed by atoms with Crippen LogP contribution in [-0.4, -0.2) is 19.1 Å². The van der Waals surface area contributed by atoms with Gasteiger partial charge >= 0.3 is 0 Å². The van der Waals surface area contributed by atoms with Crippen molar-refractivity contribution in [2.75, 3.05) is 13.2 Å². The molecule has 5 heteroatoms. The lowest BCUT2D eigenvalue weighted by Gasteiger charge is -2.11. The number of benzene rings is 2. The van der Waals surface area contributed by atoms with Crippen LogP contribution in [0.3, 0.4) is 0 Å². The second kappa shape index (κ2) is 8.08. The Morgan fingerprint density at radius 3 is 2.88 bits per heavy atom. The van der Waals surface area contributed by atoms with E-state index in [-0.39, 0.29) is 5.91 Å². The topological polar surface area (TPSA) is 47.6 Å². The molecule has 1 aliphatic rings. The highest BCUT2D eigenvalue weighted by molar-refractivity contribution is 6.32. The highest BCUT2D eigenvalue weighted by Crippen LogP contribution is 2.37. The van der Waals surface area contributed by atoms with Crippen molar-refractivity contribution in [3.63, 3.8) is 0 Å². The first-order valence-corrected chi connectivity index (χ1v) is 8.61. The molecule has 2 aromatic rings. The van der Waals surface area contributed by atoms with E-state index in [1.807, 2.05) is 43.3 Å². The van der Waals surface area contributed by atoms with Crippen molar-refractivity contribution in [1.29, 1.82) is 0 Å². The Balaban J connectivity index is 1.63. The number of halogens is 1. The van der Waals surface area contributed by atoms with Crippen molar-refractivity contribution in [1.82, 2.24) is 5.32 Å². The summed E-state index contributed by atoms with van der Waals surface area (Å²) in [5.41, 5.74) is 3.02. The molecule has 0 atom stereocenters. The minimum atomic E-state index is -0.161. The zero-order chi connectivity index (χ0) is 17.6. The summed E-state index contributed by atoms with van der Waals surface area (Å²) in [5, 5.41) is 3.36. The molecule has 0 saturated carbocycles. The molecule has 0 spiro atoms. The van der Waals surface area contributed by atoms with E-state index in [0.717, 1.165) is 23.1 Å². The second-order valence-electron chi connectivity index (χ2n) is 5.86. The average molecular weight is 358 g/mol. The maximum absolute atomic E-state index is 12.0. The number of ether oxygens (including phenoxy) is 2. The zero-order valence-electron chi connectivity index (χ0n) is 14.0. The summed E-state index contributed by atoms with van der Waals surface area (Å²) < 4.78 is 11.3. The van der Waals surface area contributed by atoms with Crippen LogP contribution in [0.5, 0.6) is 11.5 Å². The number of hydrogen-bond acceptors (Lipinski definition) is 3. The smallest absolute Gasteiger partial charge is 0.244 e. The molecule has 0 aliphatic carbocycles. The van der Waals surface area contributed by atoms with E-state index >= 15 is 0 Å². The van der Waals surface area contributed by atoms with Gasteiger partial charge in [-0.05, 0) is 41.8 Å². The molecule has 0 aromatic heterocycles. The fourth-order valence-electron chi connectivity index (χ4n) is 2.57. The van der Waals surface area contributed by atoms with Crippen molar-refractivity contribution in [2.24, 2.45) is 0 Å². The summed E-state index contributed by atoms with van der Waals surface area (Å²) >= 11 is 6.26. The van der Waals surface area contributed by atoms with Gasteiger partial charge in [0.15, 0.2) is 11.5 Å². The molecule has 0 radical (unpaired) electrons. The molecule has 1 amide bonds. The number of rotatable bonds is 4. The van der Waals surface area contributed by atoms with Crippen molar-refractivity contribution in [3.8, 4) is 11.5 Å². The Hall–Kier alpha value is -2.46. The van der Waals surface area contributed by atoms with Crippen LogP contribution in [-0.2, 0) is 11.3 Å². The number of amides is 1. The molecular weight excluding hydrogens is 338 g/mol. The first kappa shape index (κ1) is 17.4. The highest BCUT2D eigenvalue weighted by atomic mass is 35.5. The maximum Gasteiger partial charge on any atom is 0.244 e. The first-order valence-electron chi connectivity index (χ1n) is 8.23. The molecule has 130 valence electrons. The normalized spacial score (nSPS) is 13.5. The lowest BCUT2D eigenvalue weighted by molar-refractivity contribution is -0.116. The molecule has 2 aromatic carbocycles. The average Bonchev–Trinajstić information content (AvgIpc) is 2.85. The predicted molar refractivity (Wildman–Crippen MR) is 99.1 cm³/mol. The summed E-state index contributed by atoms with van der Waals surface area (Å²) in [6.07, 6.45) is 4.17. The van der Waals surface area contributed by atoms with E-state index in [1.54, 1.807) is 6.07 Å². The Kier molecular flexibility index (Phi) is 5.61. The molecular formula is C20H20ClNO3. The van der Waals surface area contributed by atoms with Crippen LogP contribution in [0.1, 0.15) is 23.1 Å². The van der Waals surface area contributed by atoms with Gasteiger partial charge in [0, 0.05) is 19.0 Å². The fourth-order valence-corrected chi connectivity index (χ4v) is 2.86. The molecule has 3 rings (SSSR count). The Morgan fingerprint density at radius 1 is 1.24 bits per heavy atom. The predicted octanol–water partition coefficient (Wildman–Crippen LogP) is 4.14. The van der Waals surface area contributed by atoms with Crippen LogP contribution in [0.15, 0.2) is 42.5 Å². The third kappa shape index (κ3) is 4.54. The van der Waals surface area contributed by atoms with Gasteiger partial charge in [-0.15, -0.1) is 0 Å². The Morgan fingerprint density at radius 2 is 2.04 bits per heavy atom. The highest BCUT2D eigenvalue weighted by Gasteiger charge is 2.15. The molecule has 1 aliphatic heterocycles. The van der Waals surface area contributed by atoms with Gasteiger partial charge in [-0.1, -0.05) is 35.9 Å². The standard InChI is InChI=1S/C20H20ClNO3/c1-14-5-2-3-6-16(14)7-8-19(23)22-13-15-11-17(21)20-18(12-15)24-9-4-10-25-20/h2-3,5-8,11-12H,4,9-10,13H2,1H3,(H,22,23)/b8-7+. The van der Waals surface area contributed by atoms with Crippen LogP contribution >= 0.6 is 11.6 Å². The van der Waals surface area contributed by atoms with E-state index in [0.29, 0.717) is 36.3 Å². The van der Waals surface area contributed by atoms with Gasteiger partial charge in [0.2, 0.25) is 5.91 Å². The maximum atomic E-state index is 12.0. The summed E-state index contributed by atoms with van der Waals surface area (Å²) in [5.74, 6) is 1.05. The fraction of sp³-hybridized carbons (Fsp3) is 0.250. The van der Waals surface area contributed by atoms with E-state index < -0.39 is 0 Å². The molecule has 0 bridgehead atoms. The monoisotopic (exact) mass is 357 g/mol. The van der Waals surface area contributed by atoms with Gasteiger partial charge in [0.05, 0.1) is 18.2 Å². The number of aryl methyl sites for hydroxylation is 1. The molecule has 1 N–H and O–H groups in total. The summed E-state index contributed by atoms with van der Waals surface area (Å²) in [6, 6.07) is 11.6. The van der Waals surface area contributed by atoms with Crippen LogP contribution < -0.4 is 14.8 Å². The first-order chi connectivity index (χ1) is 12.1. The van der Waals surface area contributed by atoms with Crippen LogP contribution in [0, 0.1) is 6.92 Å². The van der Waals surface area contributed by atoms with E-state index in [2.05, 4.69) is 5.32 Å². The SMILES string of the molecule is Cc1ccccc1/C=C/C(=O)NCc1cc(Cl)c2c(c1)OCCCO2. The van der Waals surface area contributed by atoms with Crippen molar-refractivity contribution >= 4 is 23.6 Å². The quantitative estimate of drug-likeness (QED) is 0.836. The minimum Gasteiger partial charge on any atom is -0.489 e. The van der Waals surface area contributed by atoms with E-state index in [4.69, 9.17) is 21.1 Å². The van der Waals surface area contributed by atoms with Gasteiger partial charge in [0.1, 0.15) is 0 Å². The largest absolute Gasteiger partial charge is 0.489 e. The van der Waals surface area contributed by atoms with E-state index in [9.17, 15) is 4.79 Å². The third-order valence-corrected chi connectivity index (χ3v) is 4.21. The molecule has 25 heavy (non-hydrogen) atoms. The molecule has 0 unspecified atom stereocenters. The van der Waals surface area contributed by atoms with Gasteiger partial charge in [0.25, 0.3) is 0 Å². The number of carbonyl (C=O) groups is 1. The summed E-state index contributed by atoms with van der Waals surface area (Å²) in [4.78, 5) is 12.0. The lowest BCUT2D eigenvalue weighted by atomic mass is 10.1. The van der Waals surface area contributed by atoms with Crippen LogP contribution in [0.25, 0.3) is 6.08 Å². The van der Waals surface area contributed by atoms with Gasteiger partial charge in [-0.3, -0.25) is 4.79 Å². The van der Waals surface area contributed by atoms with Gasteiger partial charge in [-0.2, -0.15) is 0 Å². The van der Waals surface area contributed by atoms with Crippen LogP contribution in [0.4, 0.5) is 0 Å². The summed E-state index contributed by atoms with van der Waals surface area (Å²) in [6.45, 7) is 3.56. The van der Waals surface area contributed by atoms with Gasteiger partial charge in [-0.25, -0.2) is 0 Å². The van der Waals surface area contributed by atoms with Crippen LogP contribution in [0.2, 0.25) is 5.02 Å². The Labute approximate surface area is 152 Å². The van der Waals surface area contributed by atoms with Gasteiger partial charge < -0.3 is 14.8 Å². The third-order valence-electron chi connectivity index (χ3n) is 3.93. The summed E-state index contributed by atoms with van der Waals surface area (Å²) in [7, 11) is 0. The second-order valence-corrected chi connectivity index (χ2v) is 6.27. The number of carbonyl (C=O) groups excluding carboxylic acids is 1. The molecule has 4 nitrogen and oxygen atoms in total. The molecule has 0 saturated heterocycles. The van der Waals surface area contributed by atoms with Crippen molar-refractivity contribution < 1.29 is 14.3 Å². The Bertz CT molecular complexity index is 802. The number of hydrogen-bond donors (Lipinski definition) is 1. The van der Waals surface area contributed by atoms with Crippen molar-refractivity contribution in [3.05, 3.63) is 64.2 Å².